The predicted octanol–water partition coefficient (Wildman–Crippen LogP) is 2.35. The molecule has 2 N–H and O–H groups in total. The molecule has 0 bridgehead atoms. The van der Waals surface area contributed by atoms with Gasteiger partial charge >= 0.3 is 0 Å². The number of likely N-dealkylation sites (tertiary alicyclic amines) is 1. The molecular weight excluding hydrogens is 236 g/mol. The monoisotopic (exact) mass is 252 g/mol. The molecule has 0 saturated carbocycles. The maximum absolute atomic E-state index is 11.6. The van der Waals surface area contributed by atoms with Crippen molar-refractivity contribution in [3.8, 4) is 0 Å². The number of rotatable bonds is 3. The quantitative estimate of drug-likeness (QED) is 0.898. The summed E-state index contributed by atoms with van der Waals surface area (Å²) in [5, 5.41) is 0.676. The van der Waals surface area contributed by atoms with Gasteiger partial charge in [-0.1, -0.05) is 30.2 Å². The smallest absolute Gasteiger partial charge is 0.239 e. The molecule has 0 aliphatic carbocycles. The van der Waals surface area contributed by atoms with E-state index in [1.165, 1.54) is 6.42 Å². The molecule has 1 fully saturated rings. The first-order valence-corrected chi connectivity index (χ1v) is 6.35. The lowest BCUT2D eigenvalue weighted by Gasteiger charge is -2.32. The number of carbonyl (C=O) groups excluding carboxylic acids is 1. The normalized spacial score (nSPS) is 18.9. The van der Waals surface area contributed by atoms with Crippen LogP contribution >= 0.6 is 11.6 Å². The maximum Gasteiger partial charge on any atom is 0.239 e. The maximum atomic E-state index is 11.6. The van der Waals surface area contributed by atoms with E-state index in [0.717, 1.165) is 31.5 Å². The number of nitrogens with two attached hydrogens (primary N) is 1. The van der Waals surface area contributed by atoms with Crippen LogP contribution in [0.15, 0.2) is 24.3 Å². The van der Waals surface area contributed by atoms with E-state index in [2.05, 4.69) is 4.90 Å². The van der Waals surface area contributed by atoms with Crippen LogP contribution in [0, 0.1) is 0 Å². The Morgan fingerprint density at radius 2 is 1.76 bits per heavy atom. The van der Waals surface area contributed by atoms with Gasteiger partial charge in [-0.05, 0) is 43.6 Å². The van der Waals surface area contributed by atoms with Crippen molar-refractivity contribution in [2.45, 2.75) is 25.3 Å². The molecule has 1 heterocycles. The van der Waals surface area contributed by atoms with E-state index in [4.69, 9.17) is 17.3 Å². The average Bonchev–Trinajstić information content (AvgIpc) is 2.33. The van der Waals surface area contributed by atoms with Gasteiger partial charge in [0.05, 0.1) is 0 Å². The summed E-state index contributed by atoms with van der Waals surface area (Å²) >= 11 is 5.85. The molecular formula is C13H17ClN2O. The molecule has 0 radical (unpaired) electrons. The minimum Gasteiger partial charge on any atom is -0.368 e. The number of hydrogen-bond acceptors (Lipinski definition) is 2. The minimum absolute atomic E-state index is 0.283. The number of primary amides is 1. The molecule has 2 rings (SSSR count). The van der Waals surface area contributed by atoms with E-state index < -0.39 is 0 Å². The minimum atomic E-state index is -0.312. The zero-order chi connectivity index (χ0) is 12.3. The SMILES string of the molecule is NC(=O)C(c1ccc(Cl)cc1)N1CCCCC1. The van der Waals surface area contributed by atoms with E-state index in [1.807, 2.05) is 12.1 Å². The molecule has 0 spiro atoms. The number of benzene rings is 1. The van der Waals surface area contributed by atoms with Crippen LogP contribution in [0.2, 0.25) is 5.02 Å². The molecule has 1 unspecified atom stereocenters. The Kier molecular flexibility index (Phi) is 4.02. The van der Waals surface area contributed by atoms with Crippen molar-refractivity contribution < 1.29 is 4.79 Å². The number of piperidine rings is 1. The van der Waals surface area contributed by atoms with Gasteiger partial charge < -0.3 is 5.73 Å². The van der Waals surface area contributed by atoms with Crippen molar-refractivity contribution in [2.24, 2.45) is 5.73 Å². The predicted molar refractivity (Wildman–Crippen MR) is 68.8 cm³/mol. The molecule has 1 saturated heterocycles. The third-order valence-corrected chi connectivity index (χ3v) is 3.46. The number of carbonyl (C=O) groups is 1. The second-order valence-corrected chi connectivity index (χ2v) is 4.89. The van der Waals surface area contributed by atoms with Crippen molar-refractivity contribution in [1.82, 2.24) is 4.90 Å². The van der Waals surface area contributed by atoms with Crippen LogP contribution in [0.25, 0.3) is 0 Å². The summed E-state index contributed by atoms with van der Waals surface area (Å²) < 4.78 is 0. The summed E-state index contributed by atoms with van der Waals surface area (Å²) in [6.45, 7) is 1.88. The van der Waals surface area contributed by atoms with E-state index >= 15 is 0 Å². The summed E-state index contributed by atoms with van der Waals surface area (Å²) in [5.74, 6) is -0.283. The largest absolute Gasteiger partial charge is 0.368 e. The molecule has 1 amide bonds. The second-order valence-electron chi connectivity index (χ2n) is 4.45. The summed E-state index contributed by atoms with van der Waals surface area (Å²) in [6.07, 6.45) is 3.51. The van der Waals surface area contributed by atoms with Crippen molar-refractivity contribution in [1.29, 1.82) is 0 Å². The molecule has 4 heteroatoms. The molecule has 1 aliphatic heterocycles. The van der Waals surface area contributed by atoms with Gasteiger partial charge in [-0.2, -0.15) is 0 Å². The third kappa shape index (κ3) is 2.99. The number of hydrogen-bond donors (Lipinski definition) is 1. The highest BCUT2D eigenvalue weighted by Crippen LogP contribution is 2.25. The molecule has 3 nitrogen and oxygen atoms in total. The van der Waals surface area contributed by atoms with E-state index in [1.54, 1.807) is 12.1 Å². The van der Waals surface area contributed by atoms with Crippen LogP contribution < -0.4 is 5.73 Å². The van der Waals surface area contributed by atoms with Crippen molar-refractivity contribution in [3.05, 3.63) is 34.9 Å². The molecule has 92 valence electrons. The Hall–Kier alpha value is -1.06. The van der Waals surface area contributed by atoms with Crippen LogP contribution in [-0.2, 0) is 4.79 Å². The zero-order valence-corrected chi connectivity index (χ0v) is 10.5. The summed E-state index contributed by atoms with van der Waals surface area (Å²) in [5.41, 5.74) is 6.46. The number of halogens is 1. The van der Waals surface area contributed by atoms with Gasteiger partial charge in [0.15, 0.2) is 0 Å². The molecule has 1 aromatic rings. The van der Waals surface area contributed by atoms with Crippen molar-refractivity contribution in [2.75, 3.05) is 13.1 Å². The Balaban J connectivity index is 2.21. The third-order valence-electron chi connectivity index (χ3n) is 3.21. The van der Waals surface area contributed by atoms with Crippen LogP contribution in [-0.4, -0.2) is 23.9 Å². The second kappa shape index (κ2) is 5.52. The fourth-order valence-electron chi connectivity index (χ4n) is 2.38. The Labute approximate surface area is 107 Å². The van der Waals surface area contributed by atoms with Crippen LogP contribution in [0.5, 0.6) is 0 Å². The molecule has 1 aliphatic rings. The summed E-state index contributed by atoms with van der Waals surface area (Å²) in [4.78, 5) is 13.8. The highest BCUT2D eigenvalue weighted by Gasteiger charge is 2.26. The lowest BCUT2D eigenvalue weighted by Crippen LogP contribution is -2.40. The van der Waals surface area contributed by atoms with Crippen LogP contribution in [0.3, 0.4) is 0 Å². The van der Waals surface area contributed by atoms with Crippen LogP contribution in [0.4, 0.5) is 0 Å². The Morgan fingerprint density at radius 3 is 2.29 bits per heavy atom. The standard InChI is InChI=1S/C13H17ClN2O/c14-11-6-4-10(5-7-11)12(13(15)17)16-8-2-1-3-9-16/h4-7,12H,1-3,8-9H2,(H2,15,17). The van der Waals surface area contributed by atoms with Gasteiger partial charge in [-0.15, -0.1) is 0 Å². The topological polar surface area (TPSA) is 46.3 Å². The number of nitrogens with zero attached hydrogens (tertiary/aromatic N) is 1. The summed E-state index contributed by atoms with van der Waals surface area (Å²) in [7, 11) is 0. The molecule has 1 atom stereocenters. The Bertz CT molecular complexity index is 385. The van der Waals surface area contributed by atoms with Gasteiger partial charge in [-0.3, -0.25) is 9.69 Å². The average molecular weight is 253 g/mol. The fraction of sp³-hybridized carbons (Fsp3) is 0.462. The lowest BCUT2D eigenvalue weighted by atomic mass is 10.0. The number of amides is 1. The first-order valence-electron chi connectivity index (χ1n) is 5.97. The van der Waals surface area contributed by atoms with E-state index in [9.17, 15) is 4.79 Å². The van der Waals surface area contributed by atoms with Crippen molar-refractivity contribution >= 4 is 17.5 Å². The van der Waals surface area contributed by atoms with Crippen LogP contribution in [0.1, 0.15) is 30.9 Å². The van der Waals surface area contributed by atoms with E-state index in [0.29, 0.717) is 5.02 Å². The Morgan fingerprint density at radius 1 is 1.18 bits per heavy atom. The van der Waals surface area contributed by atoms with E-state index in [-0.39, 0.29) is 11.9 Å². The molecule has 17 heavy (non-hydrogen) atoms. The van der Waals surface area contributed by atoms with Gasteiger partial charge in [0, 0.05) is 5.02 Å². The van der Waals surface area contributed by atoms with Gasteiger partial charge in [0.1, 0.15) is 6.04 Å². The highest BCUT2D eigenvalue weighted by molar-refractivity contribution is 6.30. The van der Waals surface area contributed by atoms with Crippen molar-refractivity contribution in [3.63, 3.8) is 0 Å². The fourth-order valence-corrected chi connectivity index (χ4v) is 2.50. The molecule has 1 aromatic carbocycles. The lowest BCUT2D eigenvalue weighted by molar-refractivity contribution is -0.123. The van der Waals surface area contributed by atoms with Gasteiger partial charge in [0.25, 0.3) is 0 Å². The zero-order valence-electron chi connectivity index (χ0n) is 9.73. The van der Waals surface area contributed by atoms with Gasteiger partial charge in [0.2, 0.25) is 5.91 Å². The first-order chi connectivity index (χ1) is 8.18. The summed E-state index contributed by atoms with van der Waals surface area (Å²) in [6, 6.07) is 7.05. The highest BCUT2D eigenvalue weighted by atomic mass is 35.5. The molecule has 0 aromatic heterocycles. The first kappa shape index (κ1) is 12.4. The van der Waals surface area contributed by atoms with Gasteiger partial charge in [-0.25, -0.2) is 0 Å².